The van der Waals surface area contributed by atoms with Crippen LogP contribution in [0.4, 0.5) is 5.69 Å². The second-order valence-corrected chi connectivity index (χ2v) is 8.18. The van der Waals surface area contributed by atoms with Gasteiger partial charge in [0, 0.05) is 22.8 Å². The fourth-order valence-electron chi connectivity index (χ4n) is 4.24. The van der Waals surface area contributed by atoms with E-state index < -0.39 is 5.54 Å². The van der Waals surface area contributed by atoms with Crippen molar-refractivity contribution in [2.24, 2.45) is 11.7 Å². The molecule has 2 atom stereocenters. The summed E-state index contributed by atoms with van der Waals surface area (Å²) in [5, 5.41) is 6.08. The molecule has 2 amide bonds. The van der Waals surface area contributed by atoms with Crippen molar-refractivity contribution in [1.82, 2.24) is 5.32 Å². The standard InChI is InChI=1S/C21H31N3O2.ClH/c1-21(22)14-6-5-9-18(21)20(26)24-17-12-10-15(11-13-17)19(25)23-16-7-3-2-4-8-16;/h10-13,16,18H,2-9,14,22H2,1H3,(H,23,25)(H,24,26);1H. The molecule has 4 N–H and O–H groups in total. The molecule has 0 spiro atoms. The molecule has 1 aromatic carbocycles. The zero-order valence-electron chi connectivity index (χ0n) is 16.1. The van der Waals surface area contributed by atoms with Crippen LogP contribution in [0.2, 0.25) is 0 Å². The van der Waals surface area contributed by atoms with Crippen LogP contribution >= 0.6 is 12.4 Å². The molecule has 1 aromatic rings. The number of nitrogens with one attached hydrogen (secondary N) is 2. The molecule has 150 valence electrons. The molecule has 0 aliphatic heterocycles. The number of anilines is 1. The predicted molar refractivity (Wildman–Crippen MR) is 111 cm³/mol. The van der Waals surface area contributed by atoms with E-state index in [1.807, 2.05) is 6.92 Å². The third-order valence-corrected chi connectivity index (χ3v) is 5.93. The van der Waals surface area contributed by atoms with Gasteiger partial charge in [-0.05, 0) is 56.9 Å². The van der Waals surface area contributed by atoms with E-state index in [1.54, 1.807) is 24.3 Å². The third kappa shape index (κ3) is 5.69. The summed E-state index contributed by atoms with van der Waals surface area (Å²) in [6, 6.07) is 7.44. The van der Waals surface area contributed by atoms with Crippen LogP contribution in [0.15, 0.2) is 24.3 Å². The van der Waals surface area contributed by atoms with Crippen LogP contribution in [0, 0.1) is 5.92 Å². The maximum atomic E-state index is 12.6. The number of carbonyl (C=O) groups excluding carboxylic acids is 2. The summed E-state index contributed by atoms with van der Waals surface area (Å²) < 4.78 is 0. The quantitative estimate of drug-likeness (QED) is 0.722. The molecule has 0 aromatic heterocycles. The maximum Gasteiger partial charge on any atom is 0.251 e. The van der Waals surface area contributed by atoms with E-state index in [2.05, 4.69) is 10.6 Å². The Labute approximate surface area is 168 Å². The number of nitrogens with two attached hydrogens (primary N) is 1. The average Bonchev–Trinajstić information content (AvgIpc) is 2.62. The molecule has 2 saturated carbocycles. The summed E-state index contributed by atoms with van der Waals surface area (Å²) in [5.74, 6) is -0.212. The van der Waals surface area contributed by atoms with Gasteiger partial charge >= 0.3 is 0 Å². The van der Waals surface area contributed by atoms with Crippen molar-refractivity contribution >= 4 is 29.9 Å². The molecule has 2 aliphatic carbocycles. The summed E-state index contributed by atoms with van der Waals surface area (Å²) in [7, 11) is 0. The number of halogens is 1. The first-order chi connectivity index (χ1) is 12.5. The lowest BCUT2D eigenvalue weighted by molar-refractivity contribution is -0.122. The minimum Gasteiger partial charge on any atom is -0.349 e. The van der Waals surface area contributed by atoms with Crippen LogP contribution in [0.25, 0.3) is 0 Å². The van der Waals surface area contributed by atoms with Crippen molar-refractivity contribution in [1.29, 1.82) is 0 Å². The van der Waals surface area contributed by atoms with E-state index in [4.69, 9.17) is 5.73 Å². The van der Waals surface area contributed by atoms with Gasteiger partial charge in [-0.3, -0.25) is 9.59 Å². The molecule has 5 nitrogen and oxygen atoms in total. The molecule has 2 unspecified atom stereocenters. The first-order valence-electron chi connectivity index (χ1n) is 9.96. The molecular weight excluding hydrogens is 362 g/mol. The zero-order valence-corrected chi connectivity index (χ0v) is 16.9. The van der Waals surface area contributed by atoms with Gasteiger partial charge in [0.1, 0.15) is 0 Å². The lowest BCUT2D eigenvalue weighted by Crippen LogP contribution is -2.51. The molecule has 2 fully saturated rings. The fourth-order valence-corrected chi connectivity index (χ4v) is 4.24. The van der Waals surface area contributed by atoms with Crippen LogP contribution in [0.3, 0.4) is 0 Å². The largest absolute Gasteiger partial charge is 0.349 e. The van der Waals surface area contributed by atoms with Crippen LogP contribution < -0.4 is 16.4 Å². The molecule has 0 radical (unpaired) electrons. The molecule has 6 heteroatoms. The van der Waals surface area contributed by atoms with Gasteiger partial charge < -0.3 is 16.4 Å². The maximum absolute atomic E-state index is 12.6. The normalized spacial score (nSPS) is 25.9. The summed E-state index contributed by atoms with van der Waals surface area (Å²) in [6.45, 7) is 1.97. The van der Waals surface area contributed by atoms with E-state index in [1.165, 1.54) is 19.3 Å². The van der Waals surface area contributed by atoms with Gasteiger partial charge in [0.2, 0.25) is 5.91 Å². The van der Waals surface area contributed by atoms with Crippen LogP contribution in [0.5, 0.6) is 0 Å². The van der Waals surface area contributed by atoms with E-state index in [0.29, 0.717) is 17.3 Å². The highest BCUT2D eigenvalue weighted by Crippen LogP contribution is 2.32. The van der Waals surface area contributed by atoms with Gasteiger partial charge in [-0.25, -0.2) is 0 Å². The summed E-state index contributed by atoms with van der Waals surface area (Å²) >= 11 is 0. The van der Waals surface area contributed by atoms with Gasteiger partial charge in [0.05, 0.1) is 5.92 Å². The van der Waals surface area contributed by atoms with Crippen molar-refractivity contribution in [3.63, 3.8) is 0 Å². The highest BCUT2D eigenvalue weighted by atomic mass is 35.5. The van der Waals surface area contributed by atoms with Crippen molar-refractivity contribution in [3.05, 3.63) is 29.8 Å². The van der Waals surface area contributed by atoms with Gasteiger partial charge in [0.15, 0.2) is 0 Å². The van der Waals surface area contributed by atoms with Gasteiger partial charge in [-0.1, -0.05) is 32.1 Å². The average molecular weight is 394 g/mol. The Balaban J connectivity index is 0.00000261. The summed E-state index contributed by atoms with van der Waals surface area (Å²) in [5.41, 5.74) is 7.22. The Bertz CT molecular complexity index is 639. The molecule has 27 heavy (non-hydrogen) atoms. The van der Waals surface area contributed by atoms with E-state index in [-0.39, 0.29) is 30.1 Å². The van der Waals surface area contributed by atoms with Gasteiger partial charge in [-0.2, -0.15) is 0 Å². The zero-order chi connectivity index (χ0) is 18.6. The summed E-state index contributed by atoms with van der Waals surface area (Å²) in [6.07, 6.45) is 9.63. The van der Waals surface area contributed by atoms with E-state index >= 15 is 0 Å². The molecule has 3 rings (SSSR count). The van der Waals surface area contributed by atoms with Crippen LogP contribution in [-0.2, 0) is 4.79 Å². The van der Waals surface area contributed by atoms with E-state index in [0.717, 1.165) is 38.5 Å². The Morgan fingerprint density at radius 3 is 2.26 bits per heavy atom. The number of hydrogen-bond acceptors (Lipinski definition) is 3. The highest BCUT2D eigenvalue weighted by molar-refractivity contribution is 5.96. The second kappa shape index (κ2) is 9.56. The first kappa shape index (κ1) is 21.7. The molecule has 2 aliphatic rings. The Kier molecular flexibility index (Phi) is 7.68. The van der Waals surface area contributed by atoms with Crippen molar-refractivity contribution in [2.75, 3.05) is 5.32 Å². The second-order valence-electron chi connectivity index (χ2n) is 8.18. The van der Waals surface area contributed by atoms with Crippen molar-refractivity contribution < 1.29 is 9.59 Å². The van der Waals surface area contributed by atoms with Crippen LogP contribution in [0.1, 0.15) is 75.1 Å². The van der Waals surface area contributed by atoms with Crippen molar-refractivity contribution in [2.45, 2.75) is 76.3 Å². The Morgan fingerprint density at radius 1 is 1.00 bits per heavy atom. The minimum absolute atomic E-state index is 0. The van der Waals surface area contributed by atoms with Gasteiger partial charge in [0.25, 0.3) is 5.91 Å². The molecular formula is C21H32ClN3O2. The fraction of sp³-hybridized carbons (Fsp3) is 0.619. The van der Waals surface area contributed by atoms with Gasteiger partial charge in [-0.15, -0.1) is 12.4 Å². The molecule has 0 heterocycles. The number of benzene rings is 1. The Hall–Kier alpha value is -1.59. The smallest absolute Gasteiger partial charge is 0.251 e. The number of amides is 2. The molecule has 0 saturated heterocycles. The van der Waals surface area contributed by atoms with Crippen molar-refractivity contribution in [3.8, 4) is 0 Å². The van der Waals surface area contributed by atoms with Crippen LogP contribution in [-0.4, -0.2) is 23.4 Å². The lowest BCUT2D eigenvalue weighted by Gasteiger charge is -2.37. The third-order valence-electron chi connectivity index (χ3n) is 5.93. The monoisotopic (exact) mass is 393 g/mol. The van der Waals surface area contributed by atoms with E-state index in [9.17, 15) is 9.59 Å². The Morgan fingerprint density at radius 2 is 1.63 bits per heavy atom. The topological polar surface area (TPSA) is 84.2 Å². The lowest BCUT2D eigenvalue weighted by atomic mass is 9.74. The number of carbonyl (C=O) groups is 2. The highest BCUT2D eigenvalue weighted by Gasteiger charge is 2.37. The first-order valence-corrected chi connectivity index (χ1v) is 9.96. The summed E-state index contributed by atoms with van der Waals surface area (Å²) in [4.78, 5) is 25.0. The molecule has 0 bridgehead atoms. The number of rotatable bonds is 4. The SMILES string of the molecule is CC1(N)CCCCC1C(=O)Nc1ccc(C(=O)NC2CCCCC2)cc1.Cl. The predicted octanol–water partition coefficient (Wildman–Crippen LogP) is 4.02. The minimum atomic E-state index is -0.442. The number of hydrogen-bond donors (Lipinski definition) is 3.